The lowest BCUT2D eigenvalue weighted by Crippen LogP contribution is -2.11. The monoisotopic (exact) mass is 409 g/mol. The summed E-state index contributed by atoms with van der Waals surface area (Å²) in [5, 5.41) is 3.73. The molecule has 1 aromatic heterocycles. The number of benzene rings is 2. The smallest absolute Gasteiger partial charge is 0.248 e. The Kier molecular flexibility index (Phi) is 5.90. The van der Waals surface area contributed by atoms with Crippen LogP contribution in [-0.2, 0) is 0 Å². The van der Waals surface area contributed by atoms with E-state index in [9.17, 15) is 9.18 Å². The number of carbonyl (C=O) groups excluding carboxylic acids is 1. The molecule has 3 rings (SSSR count). The summed E-state index contributed by atoms with van der Waals surface area (Å²) in [6.07, 6.45) is 6.27. The first kappa shape index (κ1) is 20.0. The van der Waals surface area contributed by atoms with Gasteiger partial charge >= 0.3 is 0 Å². The molecular weight excluding hydrogens is 393 g/mol. The fraction of sp³-hybridized carbons (Fsp3) is 0. The van der Waals surface area contributed by atoms with E-state index >= 15 is 0 Å². The van der Waals surface area contributed by atoms with Gasteiger partial charge < -0.3 is 16.8 Å². The van der Waals surface area contributed by atoms with Crippen LogP contribution in [-0.4, -0.2) is 15.9 Å². The molecule has 29 heavy (non-hydrogen) atoms. The number of aromatic nitrogens is 2. The van der Waals surface area contributed by atoms with Crippen molar-refractivity contribution in [3.05, 3.63) is 89.6 Å². The number of carbonyl (C=O) groups is 1. The molecule has 0 aliphatic heterocycles. The summed E-state index contributed by atoms with van der Waals surface area (Å²) in [4.78, 5) is 20.6. The van der Waals surface area contributed by atoms with Gasteiger partial charge in [-0.15, -0.1) is 0 Å². The molecule has 0 saturated carbocycles. The molecule has 0 saturated heterocycles. The maximum Gasteiger partial charge on any atom is 0.248 e. The van der Waals surface area contributed by atoms with Crippen LogP contribution in [0.15, 0.2) is 67.4 Å². The predicted molar refractivity (Wildman–Crippen MR) is 114 cm³/mol. The van der Waals surface area contributed by atoms with Gasteiger partial charge in [-0.05, 0) is 54.8 Å². The molecule has 0 bridgehead atoms. The molecule has 146 valence electrons. The quantitative estimate of drug-likeness (QED) is 0.526. The van der Waals surface area contributed by atoms with Gasteiger partial charge in [0.15, 0.2) is 5.82 Å². The van der Waals surface area contributed by atoms with Crippen molar-refractivity contribution in [2.75, 3.05) is 5.32 Å². The molecule has 5 N–H and O–H groups in total. The van der Waals surface area contributed by atoms with Gasteiger partial charge in [-0.25, -0.2) is 14.4 Å². The van der Waals surface area contributed by atoms with E-state index in [-0.39, 0.29) is 5.02 Å². The number of rotatable bonds is 6. The summed E-state index contributed by atoms with van der Waals surface area (Å²) in [5.74, 6) is -0.310. The van der Waals surface area contributed by atoms with Crippen LogP contribution >= 0.6 is 11.6 Å². The van der Waals surface area contributed by atoms with Gasteiger partial charge in [0.25, 0.3) is 0 Å². The minimum atomic E-state index is -0.572. The summed E-state index contributed by atoms with van der Waals surface area (Å²) in [5.41, 5.74) is 12.7. The zero-order valence-electron chi connectivity index (χ0n) is 15.2. The van der Waals surface area contributed by atoms with Crippen molar-refractivity contribution >= 4 is 45.5 Å². The highest BCUT2D eigenvalue weighted by Crippen LogP contribution is 2.28. The van der Waals surface area contributed by atoms with Crippen LogP contribution in [0.25, 0.3) is 16.5 Å². The Balaban J connectivity index is 2.20. The van der Waals surface area contributed by atoms with E-state index in [1.54, 1.807) is 36.4 Å². The van der Waals surface area contributed by atoms with Gasteiger partial charge in [0.1, 0.15) is 11.6 Å². The van der Waals surface area contributed by atoms with Crippen LogP contribution in [0.2, 0.25) is 5.02 Å². The van der Waals surface area contributed by atoms with Crippen LogP contribution in [0.3, 0.4) is 0 Å². The van der Waals surface area contributed by atoms with E-state index in [4.69, 9.17) is 23.1 Å². The van der Waals surface area contributed by atoms with Crippen LogP contribution < -0.4 is 16.8 Å². The third kappa shape index (κ3) is 4.41. The number of amides is 1. The van der Waals surface area contributed by atoms with E-state index in [0.29, 0.717) is 39.4 Å². The molecular formula is C21H17ClFN5O. The maximum absolute atomic E-state index is 13.5. The molecule has 8 heteroatoms. The summed E-state index contributed by atoms with van der Waals surface area (Å²) < 4.78 is 13.5. The van der Waals surface area contributed by atoms with Gasteiger partial charge in [0.05, 0.1) is 10.5 Å². The number of hydrogen-bond acceptors (Lipinski definition) is 5. The largest absolute Gasteiger partial charge is 0.405 e. The first-order valence-electron chi connectivity index (χ1n) is 8.48. The third-order valence-corrected chi connectivity index (χ3v) is 4.32. The molecule has 1 amide bonds. The van der Waals surface area contributed by atoms with Crippen molar-refractivity contribution in [1.82, 2.24) is 9.97 Å². The molecule has 0 aliphatic rings. The number of halogens is 2. The molecule has 1 heterocycles. The average Bonchev–Trinajstić information content (AvgIpc) is 2.71. The van der Waals surface area contributed by atoms with Gasteiger partial charge in [-0.1, -0.05) is 24.3 Å². The topological polar surface area (TPSA) is 107 Å². The van der Waals surface area contributed by atoms with Gasteiger partial charge in [0, 0.05) is 22.2 Å². The molecule has 0 radical (unpaired) electrons. The Morgan fingerprint density at radius 1 is 1.21 bits per heavy atom. The number of primary amides is 1. The standard InChI is InChI=1S/C21H17ClFN5O/c1-2-12(4-3-9-24)20-27-18-10-13(19(25)29)5-7-15(18)21(28-20)26-14-6-8-17(23)16(22)11-14/h2-11H,1,24H2,(H2,25,29)(H,26,27,28)/b9-3-,12-4+. The SMILES string of the molecule is C=C/C(=C\C=C/N)c1nc(Nc2ccc(F)c(Cl)c2)c2ccc(C(N)=O)cc2n1. The van der Waals surface area contributed by atoms with Gasteiger partial charge in [-0.3, -0.25) is 4.79 Å². The lowest BCUT2D eigenvalue weighted by atomic mass is 10.1. The van der Waals surface area contributed by atoms with E-state index in [1.807, 2.05) is 0 Å². The van der Waals surface area contributed by atoms with Crippen LogP contribution in [0.4, 0.5) is 15.9 Å². The molecule has 3 aromatic rings. The lowest BCUT2D eigenvalue weighted by Gasteiger charge is -2.12. The Labute approximate surface area is 171 Å². The van der Waals surface area contributed by atoms with Crippen molar-refractivity contribution in [1.29, 1.82) is 0 Å². The Morgan fingerprint density at radius 2 is 2.00 bits per heavy atom. The molecule has 2 aromatic carbocycles. The normalized spacial score (nSPS) is 11.7. The zero-order chi connectivity index (χ0) is 21.0. The Morgan fingerprint density at radius 3 is 2.66 bits per heavy atom. The summed E-state index contributed by atoms with van der Waals surface area (Å²) in [6, 6.07) is 9.08. The van der Waals surface area contributed by atoms with E-state index < -0.39 is 11.7 Å². The molecule has 0 spiro atoms. The van der Waals surface area contributed by atoms with Crippen molar-refractivity contribution in [3.63, 3.8) is 0 Å². The van der Waals surface area contributed by atoms with Crippen molar-refractivity contribution in [2.45, 2.75) is 0 Å². The number of allylic oxidation sites excluding steroid dienone is 4. The second-order valence-electron chi connectivity index (χ2n) is 5.96. The number of fused-ring (bicyclic) bond motifs is 1. The average molecular weight is 410 g/mol. The van der Waals surface area contributed by atoms with Gasteiger partial charge in [-0.2, -0.15) is 0 Å². The highest BCUT2D eigenvalue weighted by Gasteiger charge is 2.13. The van der Waals surface area contributed by atoms with Crippen molar-refractivity contribution < 1.29 is 9.18 Å². The molecule has 0 unspecified atom stereocenters. The first-order valence-corrected chi connectivity index (χ1v) is 8.85. The zero-order valence-corrected chi connectivity index (χ0v) is 15.9. The number of nitrogens with zero attached hydrogens (tertiary/aromatic N) is 2. The molecule has 0 fully saturated rings. The van der Waals surface area contributed by atoms with E-state index in [2.05, 4.69) is 21.9 Å². The van der Waals surface area contributed by atoms with Crippen LogP contribution in [0.5, 0.6) is 0 Å². The summed E-state index contributed by atoms with van der Waals surface area (Å²) in [6.45, 7) is 3.77. The van der Waals surface area contributed by atoms with Gasteiger partial charge in [0.2, 0.25) is 5.91 Å². The fourth-order valence-electron chi connectivity index (χ4n) is 2.61. The maximum atomic E-state index is 13.5. The fourth-order valence-corrected chi connectivity index (χ4v) is 2.79. The molecule has 6 nitrogen and oxygen atoms in total. The second kappa shape index (κ2) is 8.53. The minimum absolute atomic E-state index is 0.0237. The summed E-state index contributed by atoms with van der Waals surface area (Å²) >= 11 is 5.87. The Bertz CT molecular complexity index is 1170. The van der Waals surface area contributed by atoms with Crippen molar-refractivity contribution in [3.8, 4) is 0 Å². The molecule has 0 atom stereocenters. The van der Waals surface area contributed by atoms with E-state index in [1.165, 1.54) is 24.4 Å². The van der Waals surface area contributed by atoms with Crippen LogP contribution in [0.1, 0.15) is 16.2 Å². The predicted octanol–water partition coefficient (Wildman–Crippen LogP) is 4.31. The highest BCUT2D eigenvalue weighted by molar-refractivity contribution is 6.31. The molecule has 0 aliphatic carbocycles. The number of hydrogen-bond donors (Lipinski definition) is 3. The number of anilines is 2. The minimum Gasteiger partial charge on any atom is -0.405 e. The number of nitrogens with one attached hydrogen (secondary N) is 1. The first-order chi connectivity index (χ1) is 13.9. The Hall–Kier alpha value is -3.71. The van der Waals surface area contributed by atoms with Crippen LogP contribution in [0, 0.1) is 5.82 Å². The van der Waals surface area contributed by atoms with Crippen molar-refractivity contribution in [2.24, 2.45) is 11.5 Å². The lowest BCUT2D eigenvalue weighted by molar-refractivity contribution is 0.100. The second-order valence-corrected chi connectivity index (χ2v) is 6.36. The number of nitrogens with two attached hydrogens (primary N) is 2. The third-order valence-electron chi connectivity index (χ3n) is 4.03. The summed E-state index contributed by atoms with van der Waals surface area (Å²) in [7, 11) is 0. The highest BCUT2D eigenvalue weighted by atomic mass is 35.5. The van der Waals surface area contributed by atoms with E-state index in [0.717, 1.165) is 0 Å².